The van der Waals surface area contributed by atoms with Crippen molar-refractivity contribution in [2.75, 3.05) is 5.32 Å². The molecular weight excluding hydrogens is 449 g/mol. The van der Waals surface area contributed by atoms with Gasteiger partial charge < -0.3 is 14.6 Å². The SMILES string of the molecule is Cc1nc(NC(=O)C(C)Sc2nnc(C(C)Oc3ccc(F)cc3)n2CC(C)C)sc1C. The number of benzene rings is 1. The highest BCUT2D eigenvalue weighted by Crippen LogP contribution is 2.29. The van der Waals surface area contributed by atoms with E-state index in [1.54, 1.807) is 12.1 Å². The second-order valence-corrected chi connectivity index (χ2v) is 10.5. The zero-order valence-electron chi connectivity index (χ0n) is 19.0. The number of amides is 1. The van der Waals surface area contributed by atoms with E-state index in [2.05, 4.69) is 34.3 Å². The Bertz CT molecular complexity index is 1050. The first-order chi connectivity index (χ1) is 15.1. The van der Waals surface area contributed by atoms with Crippen molar-refractivity contribution in [3.63, 3.8) is 0 Å². The molecule has 1 amide bonds. The smallest absolute Gasteiger partial charge is 0.239 e. The van der Waals surface area contributed by atoms with Gasteiger partial charge in [0.2, 0.25) is 5.91 Å². The molecule has 0 spiro atoms. The summed E-state index contributed by atoms with van der Waals surface area (Å²) in [4.78, 5) is 18.2. The molecule has 32 heavy (non-hydrogen) atoms. The minimum Gasteiger partial charge on any atom is -0.483 e. The second kappa shape index (κ2) is 10.4. The van der Waals surface area contributed by atoms with Gasteiger partial charge in [0.25, 0.3) is 0 Å². The number of nitrogens with one attached hydrogen (secondary N) is 1. The van der Waals surface area contributed by atoms with Gasteiger partial charge in [-0.05, 0) is 57.9 Å². The molecule has 2 aromatic heterocycles. The van der Waals surface area contributed by atoms with E-state index in [0.717, 1.165) is 10.6 Å². The fourth-order valence-electron chi connectivity index (χ4n) is 2.94. The topological polar surface area (TPSA) is 81.9 Å². The molecular formula is C22H28FN5O2S2. The molecule has 3 rings (SSSR count). The summed E-state index contributed by atoms with van der Waals surface area (Å²) in [6.45, 7) is 12.5. The van der Waals surface area contributed by atoms with Crippen molar-refractivity contribution in [3.8, 4) is 5.75 Å². The highest BCUT2D eigenvalue weighted by molar-refractivity contribution is 8.00. The van der Waals surface area contributed by atoms with Gasteiger partial charge in [0.05, 0.1) is 10.9 Å². The normalized spacial score (nSPS) is 13.2. The number of carbonyl (C=O) groups excluding carboxylic acids is 1. The van der Waals surface area contributed by atoms with Crippen molar-refractivity contribution < 1.29 is 13.9 Å². The summed E-state index contributed by atoms with van der Waals surface area (Å²) in [7, 11) is 0. The molecule has 0 saturated heterocycles. The van der Waals surface area contributed by atoms with Crippen LogP contribution in [0.25, 0.3) is 0 Å². The summed E-state index contributed by atoms with van der Waals surface area (Å²) in [6.07, 6.45) is -0.397. The molecule has 7 nitrogen and oxygen atoms in total. The van der Waals surface area contributed by atoms with Crippen LogP contribution in [0.5, 0.6) is 5.75 Å². The number of thiazole rings is 1. The van der Waals surface area contributed by atoms with Crippen LogP contribution in [0.4, 0.5) is 9.52 Å². The average molecular weight is 478 g/mol. The van der Waals surface area contributed by atoms with Gasteiger partial charge in [-0.3, -0.25) is 4.79 Å². The molecule has 0 saturated carbocycles. The molecule has 1 N–H and O–H groups in total. The number of ether oxygens (including phenoxy) is 1. The van der Waals surface area contributed by atoms with Crippen LogP contribution in [0.1, 0.15) is 50.2 Å². The second-order valence-electron chi connectivity index (χ2n) is 7.97. The maximum Gasteiger partial charge on any atom is 0.239 e. The minimum absolute atomic E-state index is 0.139. The van der Waals surface area contributed by atoms with Gasteiger partial charge in [0.15, 0.2) is 22.2 Å². The van der Waals surface area contributed by atoms with E-state index in [-0.39, 0.29) is 11.7 Å². The van der Waals surface area contributed by atoms with Gasteiger partial charge in [0, 0.05) is 11.4 Å². The molecule has 0 radical (unpaired) electrons. The number of anilines is 1. The number of rotatable bonds is 9. The number of carbonyl (C=O) groups is 1. The Balaban J connectivity index is 1.74. The molecule has 0 aliphatic carbocycles. The highest BCUT2D eigenvalue weighted by atomic mass is 32.2. The van der Waals surface area contributed by atoms with Crippen LogP contribution >= 0.6 is 23.1 Å². The van der Waals surface area contributed by atoms with E-state index in [1.807, 2.05) is 32.3 Å². The minimum atomic E-state index is -0.397. The van der Waals surface area contributed by atoms with Crippen molar-refractivity contribution >= 4 is 34.1 Å². The monoisotopic (exact) mass is 477 g/mol. The van der Waals surface area contributed by atoms with E-state index < -0.39 is 11.4 Å². The number of hydrogen-bond acceptors (Lipinski definition) is 7. The summed E-state index contributed by atoms with van der Waals surface area (Å²) in [5, 5.41) is 12.4. The molecule has 0 aliphatic heterocycles. The van der Waals surface area contributed by atoms with Crippen molar-refractivity contribution in [3.05, 3.63) is 46.5 Å². The largest absolute Gasteiger partial charge is 0.483 e. The van der Waals surface area contributed by atoms with E-state index in [0.29, 0.717) is 34.3 Å². The maximum atomic E-state index is 13.2. The fourth-order valence-corrected chi connectivity index (χ4v) is 4.62. The molecule has 10 heteroatoms. The molecule has 2 heterocycles. The molecule has 3 aromatic rings. The third-order valence-corrected chi connectivity index (χ3v) is 6.76. The number of thioether (sulfide) groups is 1. The summed E-state index contributed by atoms with van der Waals surface area (Å²) in [5.74, 6) is 1.09. The summed E-state index contributed by atoms with van der Waals surface area (Å²) >= 11 is 2.81. The Kier molecular flexibility index (Phi) is 7.89. The van der Waals surface area contributed by atoms with Gasteiger partial charge in [-0.2, -0.15) is 0 Å². The quantitative estimate of drug-likeness (QED) is 0.415. The summed E-state index contributed by atoms with van der Waals surface area (Å²) in [6, 6.07) is 5.88. The Morgan fingerprint density at radius 1 is 1.19 bits per heavy atom. The van der Waals surface area contributed by atoms with E-state index in [4.69, 9.17) is 4.74 Å². The Morgan fingerprint density at radius 3 is 2.47 bits per heavy atom. The lowest BCUT2D eigenvalue weighted by molar-refractivity contribution is -0.115. The van der Waals surface area contributed by atoms with Gasteiger partial charge in [0.1, 0.15) is 11.6 Å². The van der Waals surface area contributed by atoms with Gasteiger partial charge >= 0.3 is 0 Å². The molecule has 2 atom stereocenters. The van der Waals surface area contributed by atoms with Crippen LogP contribution < -0.4 is 10.1 Å². The molecule has 0 fully saturated rings. The molecule has 1 aromatic carbocycles. The number of aromatic nitrogens is 4. The summed E-state index contributed by atoms with van der Waals surface area (Å²) < 4.78 is 21.1. The molecule has 172 valence electrons. The lowest BCUT2D eigenvalue weighted by atomic mass is 10.2. The number of hydrogen-bond donors (Lipinski definition) is 1. The number of halogens is 1. The number of nitrogens with zero attached hydrogens (tertiary/aromatic N) is 4. The van der Waals surface area contributed by atoms with Crippen molar-refractivity contribution in [2.24, 2.45) is 5.92 Å². The summed E-state index contributed by atoms with van der Waals surface area (Å²) in [5.41, 5.74) is 0.919. The van der Waals surface area contributed by atoms with Crippen LogP contribution in [0, 0.1) is 25.6 Å². The van der Waals surface area contributed by atoms with E-state index >= 15 is 0 Å². The van der Waals surface area contributed by atoms with Crippen LogP contribution in [0.2, 0.25) is 0 Å². The van der Waals surface area contributed by atoms with Crippen LogP contribution in [-0.2, 0) is 11.3 Å². The van der Waals surface area contributed by atoms with Crippen molar-refractivity contribution in [1.82, 2.24) is 19.7 Å². The predicted molar refractivity (Wildman–Crippen MR) is 126 cm³/mol. The van der Waals surface area contributed by atoms with Crippen molar-refractivity contribution in [2.45, 2.75) is 64.6 Å². The molecule has 0 aliphatic rings. The Hall–Kier alpha value is -2.46. The van der Waals surface area contributed by atoms with Gasteiger partial charge in [-0.15, -0.1) is 21.5 Å². The predicted octanol–water partition coefficient (Wildman–Crippen LogP) is 5.41. The third-order valence-electron chi connectivity index (χ3n) is 4.69. The average Bonchev–Trinajstić information content (AvgIpc) is 3.25. The standard InChI is InChI=1S/C22H28FN5O2S2/c1-12(2)11-28-19(14(4)30-18-9-7-17(23)8-10-18)26-27-22(28)32-16(6)20(29)25-21-24-13(3)15(5)31-21/h7-10,12,14,16H,11H2,1-6H3,(H,24,25,29). The van der Waals surface area contributed by atoms with E-state index in [9.17, 15) is 9.18 Å². The lowest BCUT2D eigenvalue weighted by Gasteiger charge is -2.18. The van der Waals surface area contributed by atoms with E-state index in [1.165, 1.54) is 35.2 Å². The lowest BCUT2D eigenvalue weighted by Crippen LogP contribution is -2.23. The maximum absolute atomic E-state index is 13.2. The third kappa shape index (κ3) is 6.07. The molecule has 0 bridgehead atoms. The fraction of sp³-hybridized carbons (Fsp3) is 0.455. The zero-order valence-corrected chi connectivity index (χ0v) is 20.7. The van der Waals surface area contributed by atoms with Crippen LogP contribution in [0.15, 0.2) is 29.4 Å². The zero-order chi connectivity index (χ0) is 23.4. The van der Waals surface area contributed by atoms with Crippen LogP contribution in [0.3, 0.4) is 0 Å². The Morgan fingerprint density at radius 2 is 1.88 bits per heavy atom. The van der Waals surface area contributed by atoms with Gasteiger partial charge in [-0.25, -0.2) is 9.37 Å². The highest BCUT2D eigenvalue weighted by Gasteiger charge is 2.24. The van der Waals surface area contributed by atoms with Gasteiger partial charge in [-0.1, -0.05) is 25.6 Å². The van der Waals surface area contributed by atoms with Crippen molar-refractivity contribution in [1.29, 1.82) is 0 Å². The first kappa shape index (κ1) is 24.2. The first-order valence-electron chi connectivity index (χ1n) is 10.4. The molecule has 2 unspecified atom stereocenters. The first-order valence-corrected chi connectivity index (χ1v) is 12.1. The number of aryl methyl sites for hydroxylation is 2. The van der Waals surface area contributed by atoms with Crippen LogP contribution in [-0.4, -0.2) is 30.9 Å². The Labute approximate surface area is 195 Å².